The third-order valence-electron chi connectivity index (χ3n) is 6.94. The second-order valence-electron chi connectivity index (χ2n) is 9.81. The number of aromatic nitrogens is 2. The second kappa shape index (κ2) is 11.3. The van der Waals surface area contributed by atoms with Crippen molar-refractivity contribution >= 4 is 17.5 Å². The topological polar surface area (TPSA) is 71.3 Å². The van der Waals surface area contributed by atoms with Gasteiger partial charge >= 0.3 is 0 Å². The minimum Gasteiger partial charge on any atom is -0.345 e. The number of aryl methyl sites for hydroxylation is 2. The van der Waals surface area contributed by atoms with Gasteiger partial charge in [0.2, 0.25) is 17.6 Å². The molecule has 0 bridgehead atoms. The van der Waals surface area contributed by atoms with Crippen molar-refractivity contribution in [1.82, 2.24) is 20.4 Å². The molecule has 0 aliphatic carbocycles. The van der Waals surface area contributed by atoms with Crippen LogP contribution in [-0.4, -0.2) is 34.0 Å². The monoisotopic (exact) mass is 514 g/mol. The number of hydrogen-bond donors (Lipinski definition) is 1. The van der Waals surface area contributed by atoms with Crippen molar-refractivity contribution in [1.29, 1.82) is 0 Å². The number of likely N-dealkylation sites (tertiary alicyclic amines) is 1. The van der Waals surface area contributed by atoms with Gasteiger partial charge in [-0.15, -0.1) is 0 Å². The summed E-state index contributed by atoms with van der Waals surface area (Å²) in [5.41, 5.74) is 5.40. The highest BCUT2D eigenvalue weighted by Crippen LogP contribution is 2.28. The van der Waals surface area contributed by atoms with E-state index in [9.17, 15) is 4.79 Å². The first-order chi connectivity index (χ1) is 18.0. The molecule has 37 heavy (non-hydrogen) atoms. The van der Waals surface area contributed by atoms with E-state index in [1.807, 2.05) is 42.5 Å². The summed E-state index contributed by atoms with van der Waals surface area (Å²) in [6, 6.07) is 23.8. The second-order valence-corrected chi connectivity index (χ2v) is 10.2. The molecule has 1 N–H and O–H groups in total. The fourth-order valence-corrected chi connectivity index (χ4v) is 5.25. The molecule has 1 fully saturated rings. The predicted octanol–water partition coefficient (Wildman–Crippen LogP) is 6.12. The standard InChI is InChI=1S/C30H31ClN4O2/c1-20-13-14-26(21(2)16-20)28(22-8-4-3-5-9-22)33-30(36)24-11-7-15-35(18-24)19-27-32-29(34-37-27)23-10-6-12-25(31)17-23/h3-6,8-10,12-14,16-17,24,28H,7,11,15,18-19H2,1-2H3,(H,33,36). The van der Waals surface area contributed by atoms with Gasteiger partial charge in [-0.3, -0.25) is 9.69 Å². The fraction of sp³-hybridized carbons (Fsp3) is 0.300. The highest BCUT2D eigenvalue weighted by Gasteiger charge is 2.29. The number of carbonyl (C=O) groups excluding carboxylic acids is 1. The Kier molecular flexibility index (Phi) is 7.68. The first-order valence-electron chi connectivity index (χ1n) is 12.7. The number of amides is 1. The lowest BCUT2D eigenvalue weighted by molar-refractivity contribution is -0.127. The molecule has 1 aromatic heterocycles. The lowest BCUT2D eigenvalue weighted by atomic mass is 9.92. The molecule has 2 atom stereocenters. The molecule has 4 aromatic rings. The van der Waals surface area contributed by atoms with Crippen LogP contribution in [0.5, 0.6) is 0 Å². The van der Waals surface area contributed by atoms with Crippen molar-refractivity contribution in [3.63, 3.8) is 0 Å². The van der Waals surface area contributed by atoms with Crippen LogP contribution in [0.3, 0.4) is 0 Å². The van der Waals surface area contributed by atoms with Gasteiger partial charge in [0.1, 0.15) is 0 Å². The van der Waals surface area contributed by atoms with E-state index >= 15 is 0 Å². The van der Waals surface area contributed by atoms with Crippen LogP contribution in [-0.2, 0) is 11.3 Å². The van der Waals surface area contributed by atoms with Crippen molar-refractivity contribution in [3.05, 3.63) is 106 Å². The molecule has 1 aliphatic heterocycles. The van der Waals surface area contributed by atoms with Gasteiger partial charge in [-0.05, 0) is 62.1 Å². The molecule has 7 heteroatoms. The zero-order valence-corrected chi connectivity index (χ0v) is 21.9. The normalized spacial score (nSPS) is 16.9. The Morgan fingerprint density at radius 3 is 2.73 bits per heavy atom. The van der Waals surface area contributed by atoms with Crippen LogP contribution in [0.15, 0.2) is 77.3 Å². The van der Waals surface area contributed by atoms with Crippen molar-refractivity contribution in [2.45, 2.75) is 39.3 Å². The minimum atomic E-state index is -0.194. The Bertz CT molecular complexity index is 1370. The SMILES string of the molecule is Cc1ccc(C(NC(=O)C2CCCN(Cc3nc(-c4cccc(Cl)c4)no3)C2)c2ccccc2)c(C)c1. The van der Waals surface area contributed by atoms with Gasteiger partial charge < -0.3 is 9.84 Å². The first kappa shape index (κ1) is 25.2. The summed E-state index contributed by atoms with van der Waals surface area (Å²) in [6.07, 6.45) is 1.79. The fourth-order valence-electron chi connectivity index (χ4n) is 5.06. The number of nitrogens with zero attached hydrogens (tertiary/aromatic N) is 3. The van der Waals surface area contributed by atoms with Crippen LogP contribution < -0.4 is 5.32 Å². The van der Waals surface area contributed by atoms with Crippen molar-refractivity contribution in [2.24, 2.45) is 5.92 Å². The van der Waals surface area contributed by atoms with E-state index in [0.717, 1.165) is 36.1 Å². The van der Waals surface area contributed by atoms with Crippen LogP contribution in [0.4, 0.5) is 0 Å². The number of halogens is 1. The maximum atomic E-state index is 13.6. The average molecular weight is 515 g/mol. The van der Waals surface area contributed by atoms with E-state index in [0.29, 0.717) is 29.8 Å². The number of carbonyl (C=O) groups is 1. The molecular weight excluding hydrogens is 484 g/mol. The van der Waals surface area contributed by atoms with Gasteiger partial charge in [-0.2, -0.15) is 4.98 Å². The van der Waals surface area contributed by atoms with Crippen molar-refractivity contribution < 1.29 is 9.32 Å². The Balaban J connectivity index is 1.28. The predicted molar refractivity (Wildman–Crippen MR) is 145 cm³/mol. The third-order valence-corrected chi connectivity index (χ3v) is 7.18. The van der Waals surface area contributed by atoms with Gasteiger partial charge in [0.15, 0.2) is 0 Å². The van der Waals surface area contributed by atoms with Crippen LogP contribution in [0.1, 0.15) is 47.0 Å². The highest BCUT2D eigenvalue weighted by molar-refractivity contribution is 6.30. The zero-order chi connectivity index (χ0) is 25.8. The molecular formula is C30H31ClN4O2. The Labute approximate surface area is 222 Å². The average Bonchev–Trinajstić information content (AvgIpc) is 3.37. The zero-order valence-electron chi connectivity index (χ0n) is 21.2. The lowest BCUT2D eigenvalue weighted by Crippen LogP contribution is -2.44. The summed E-state index contributed by atoms with van der Waals surface area (Å²) in [6.45, 7) is 6.24. The minimum absolute atomic E-state index is 0.0728. The number of rotatable bonds is 7. The summed E-state index contributed by atoms with van der Waals surface area (Å²) < 4.78 is 5.51. The van der Waals surface area contributed by atoms with Gasteiger partial charge in [0.25, 0.3) is 0 Å². The molecule has 0 spiro atoms. The number of piperidine rings is 1. The first-order valence-corrected chi connectivity index (χ1v) is 13.1. The molecule has 0 radical (unpaired) electrons. The largest absolute Gasteiger partial charge is 0.345 e. The number of nitrogens with one attached hydrogen (secondary N) is 1. The maximum absolute atomic E-state index is 13.6. The molecule has 5 rings (SSSR count). The van der Waals surface area contributed by atoms with Crippen LogP contribution in [0.25, 0.3) is 11.4 Å². The van der Waals surface area contributed by atoms with Crippen LogP contribution in [0, 0.1) is 19.8 Å². The molecule has 6 nitrogen and oxygen atoms in total. The summed E-state index contributed by atoms with van der Waals surface area (Å²) in [5.74, 6) is 1.01. The molecule has 1 saturated heterocycles. The third kappa shape index (κ3) is 6.09. The lowest BCUT2D eigenvalue weighted by Gasteiger charge is -2.32. The van der Waals surface area contributed by atoms with Crippen LogP contribution in [0.2, 0.25) is 5.02 Å². The van der Waals surface area contributed by atoms with Gasteiger partial charge in [0, 0.05) is 17.1 Å². The van der Waals surface area contributed by atoms with Gasteiger partial charge in [0.05, 0.1) is 18.5 Å². The van der Waals surface area contributed by atoms with E-state index in [2.05, 4.69) is 64.5 Å². The summed E-state index contributed by atoms with van der Waals surface area (Å²) in [5, 5.41) is 8.11. The molecule has 190 valence electrons. The molecule has 3 aromatic carbocycles. The van der Waals surface area contributed by atoms with Crippen molar-refractivity contribution in [3.8, 4) is 11.4 Å². The molecule has 2 heterocycles. The maximum Gasteiger partial charge on any atom is 0.241 e. The molecule has 1 amide bonds. The van der Waals surface area contributed by atoms with E-state index in [-0.39, 0.29) is 17.9 Å². The van der Waals surface area contributed by atoms with E-state index in [4.69, 9.17) is 16.1 Å². The highest BCUT2D eigenvalue weighted by atomic mass is 35.5. The Hall–Kier alpha value is -3.48. The van der Waals surface area contributed by atoms with E-state index < -0.39 is 0 Å². The van der Waals surface area contributed by atoms with E-state index in [1.54, 1.807) is 0 Å². The smallest absolute Gasteiger partial charge is 0.241 e. The summed E-state index contributed by atoms with van der Waals surface area (Å²) in [7, 11) is 0. The number of hydrogen-bond acceptors (Lipinski definition) is 5. The van der Waals surface area contributed by atoms with Crippen LogP contribution >= 0.6 is 11.6 Å². The van der Waals surface area contributed by atoms with Gasteiger partial charge in [-0.25, -0.2) is 0 Å². The molecule has 0 saturated carbocycles. The Morgan fingerprint density at radius 1 is 1.11 bits per heavy atom. The van der Waals surface area contributed by atoms with E-state index in [1.165, 1.54) is 11.1 Å². The van der Waals surface area contributed by atoms with Crippen molar-refractivity contribution in [2.75, 3.05) is 13.1 Å². The Morgan fingerprint density at radius 2 is 1.95 bits per heavy atom. The quantitative estimate of drug-likeness (QED) is 0.321. The van der Waals surface area contributed by atoms with Gasteiger partial charge in [-0.1, -0.05) is 83.0 Å². The summed E-state index contributed by atoms with van der Waals surface area (Å²) >= 11 is 6.10. The molecule has 1 aliphatic rings. The number of benzene rings is 3. The summed E-state index contributed by atoms with van der Waals surface area (Å²) in [4.78, 5) is 20.3. The molecule has 2 unspecified atom stereocenters.